The fraction of sp³-hybridized carbons (Fsp3) is 0.467. The van der Waals surface area contributed by atoms with Crippen LogP contribution < -0.4 is 0 Å². The van der Waals surface area contributed by atoms with Crippen molar-refractivity contribution in [3.05, 3.63) is 35.4 Å². The van der Waals surface area contributed by atoms with E-state index in [0.29, 0.717) is 17.7 Å². The first-order valence-electron chi connectivity index (χ1n) is 7.03. The van der Waals surface area contributed by atoms with Gasteiger partial charge >= 0.3 is 0 Å². The molecule has 0 saturated carbocycles. The lowest BCUT2D eigenvalue weighted by Gasteiger charge is -2.50. The number of hydrogen-bond donors (Lipinski definition) is 1. The van der Waals surface area contributed by atoms with Gasteiger partial charge in [-0.1, -0.05) is 18.2 Å². The van der Waals surface area contributed by atoms with Crippen LogP contribution in [0.25, 0.3) is 0 Å². The summed E-state index contributed by atoms with van der Waals surface area (Å²) in [6, 6.07) is 6.20. The summed E-state index contributed by atoms with van der Waals surface area (Å²) < 4.78 is 0. The highest BCUT2D eigenvalue weighted by atomic mass is 16.3. The van der Waals surface area contributed by atoms with Crippen molar-refractivity contribution in [2.75, 3.05) is 6.54 Å². The second-order valence-electron chi connectivity index (χ2n) is 5.81. The van der Waals surface area contributed by atoms with Crippen LogP contribution in [-0.4, -0.2) is 45.3 Å². The molecule has 0 aliphatic carbocycles. The van der Waals surface area contributed by atoms with Crippen molar-refractivity contribution in [2.24, 2.45) is 0 Å². The van der Waals surface area contributed by atoms with E-state index in [-0.39, 0.29) is 17.9 Å². The topological polar surface area (TPSA) is 60.9 Å². The smallest absolute Gasteiger partial charge is 0.257 e. The van der Waals surface area contributed by atoms with Crippen LogP contribution in [0.2, 0.25) is 0 Å². The third-order valence-electron chi connectivity index (χ3n) is 4.89. The zero-order chi connectivity index (χ0) is 14.1. The molecule has 0 spiro atoms. The number of benzene rings is 1. The van der Waals surface area contributed by atoms with Crippen LogP contribution in [0, 0.1) is 0 Å². The maximum atomic E-state index is 12.6. The van der Waals surface area contributed by atoms with E-state index >= 15 is 0 Å². The van der Waals surface area contributed by atoms with Gasteiger partial charge in [0.1, 0.15) is 6.04 Å². The van der Waals surface area contributed by atoms with E-state index < -0.39 is 11.8 Å². The van der Waals surface area contributed by atoms with Crippen LogP contribution in [0.1, 0.15) is 35.7 Å². The maximum absolute atomic E-state index is 12.6. The Hall–Kier alpha value is -1.88. The highest BCUT2D eigenvalue weighted by Gasteiger charge is 2.62. The van der Waals surface area contributed by atoms with Crippen LogP contribution in [-0.2, 0) is 10.5 Å². The minimum atomic E-state index is -1.36. The Morgan fingerprint density at radius 3 is 2.85 bits per heavy atom. The van der Waals surface area contributed by atoms with Crippen LogP contribution in [0.3, 0.4) is 0 Å². The normalized spacial score (nSPS) is 35.1. The average molecular weight is 272 g/mol. The quantitative estimate of drug-likeness (QED) is 0.755. The van der Waals surface area contributed by atoms with Crippen molar-refractivity contribution >= 4 is 11.8 Å². The minimum absolute atomic E-state index is 0.0571. The molecule has 2 amide bonds. The SMILES string of the molecule is C[C@@H]1C(=O)N2CCC[C@@H]2[C@@]2(O)c3ccccc3C(=O)N12. The van der Waals surface area contributed by atoms with Gasteiger partial charge in [-0.15, -0.1) is 0 Å². The Morgan fingerprint density at radius 1 is 1.30 bits per heavy atom. The Labute approximate surface area is 116 Å². The summed E-state index contributed by atoms with van der Waals surface area (Å²) >= 11 is 0. The van der Waals surface area contributed by atoms with Gasteiger partial charge in [-0.25, -0.2) is 0 Å². The first kappa shape index (κ1) is 11.9. The Kier molecular flexibility index (Phi) is 2.15. The van der Waals surface area contributed by atoms with Crippen LogP contribution in [0.5, 0.6) is 0 Å². The molecule has 104 valence electrons. The van der Waals surface area contributed by atoms with Crippen LogP contribution in [0.15, 0.2) is 24.3 Å². The molecule has 1 N–H and O–H groups in total. The molecule has 1 aromatic rings. The minimum Gasteiger partial charge on any atom is -0.365 e. The van der Waals surface area contributed by atoms with Crippen LogP contribution >= 0.6 is 0 Å². The Morgan fingerprint density at radius 2 is 2.05 bits per heavy atom. The number of hydrogen-bond acceptors (Lipinski definition) is 3. The third kappa shape index (κ3) is 1.13. The lowest BCUT2D eigenvalue weighted by molar-refractivity contribution is -0.190. The van der Waals surface area contributed by atoms with Crippen molar-refractivity contribution in [3.8, 4) is 0 Å². The van der Waals surface area contributed by atoms with Crippen molar-refractivity contribution in [3.63, 3.8) is 0 Å². The monoisotopic (exact) mass is 272 g/mol. The molecule has 5 heteroatoms. The fourth-order valence-electron chi connectivity index (χ4n) is 4.02. The molecule has 3 aliphatic rings. The molecule has 2 fully saturated rings. The average Bonchev–Trinajstić information content (AvgIpc) is 3.02. The van der Waals surface area contributed by atoms with Gasteiger partial charge in [-0.2, -0.15) is 0 Å². The van der Waals surface area contributed by atoms with E-state index in [1.807, 2.05) is 6.07 Å². The molecule has 4 rings (SSSR count). The molecule has 2 saturated heterocycles. The summed E-state index contributed by atoms with van der Waals surface area (Å²) in [4.78, 5) is 28.1. The second-order valence-corrected chi connectivity index (χ2v) is 5.81. The molecular formula is C15H16N2O3. The lowest BCUT2D eigenvalue weighted by atomic mass is 9.89. The van der Waals surface area contributed by atoms with E-state index in [1.54, 1.807) is 30.0 Å². The summed E-state index contributed by atoms with van der Waals surface area (Å²) in [5.74, 6) is -0.297. The summed E-state index contributed by atoms with van der Waals surface area (Å²) in [6.45, 7) is 2.37. The highest BCUT2D eigenvalue weighted by Crippen LogP contribution is 2.48. The standard InChI is InChI=1S/C15H16N2O3/c1-9-13(18)16-8-4-7-12(16)15(20)11-6-3-2-5-10(11)14(19)17(9)15/h2-3,5-6,9,12,20H,4,7-8H2,1H3/t9-,12-,15+/m1/s1. The molecule has 5 nitrogen and oxygen atoms in total. The van der Waals surface area contributed by atoms with Crippen molar-refractivity contribution in [2.45, 2.75) is 37.6 Å². The molecule has 3 heterocycles. The number of fused-ring (bicyclic) bond motifs is 5. The fourth-order valence-corrected chi connectivity index (χ4v) is 4.02. The molecular weight excluding hydrogens is 256 g/mol. The number of rotatable bonds is 0. The Bertz CT molecular complexity index is 629. The Balaban J connectivity index is 1.97. The number of amides is 2. The van der Waals surface area contributed by atoms with E-state index in [2.05, 4.69) is 0 Å². The van der Waals surface area contributed by atoms with E-state index in [0.717, 1.165) is 12.8 Å². The number of piperazine rings is 1. The van der Waals surface area contributed by atoms with Crippen molar-refractivity contribution < 1.29 is 14.7 Å². The molecule has 3 aliphatic heterocycles. The summed E-state index contributed by atoms with van der Waals surface area (Å²) in [5, 5.41) is 11.3. The van der Waals surface area contributed by atoms with Gasteiger partial charge in [0.25, 0.3) is 5.91 Å². The largest absolute Gasteiger partial charge is 0.365 e. The summed E-state index contributed by atoms with van der Waals surface area (Å²) in [7, 11) is 0. The van der Waals surface area contributed by atoms with Gasteiger partial charge in [0, 0.05) is 17.7 Å². The molecule has 1 aromatic carbocycles. The lowest BCUT2D eigenvalue weighted by Crippen LogP contribution is -2.68. The van der Waals surface area contributed by atoms with Gasteiger partial charge in [0.2, 0.25) is 5.91 Å². The van der Waals surface area contributed by atoms with Gasteiger partial charge in [-0.05, 0) is 25.8 Å². The third-order valence-corrected chi connectivity index (χ3v) is 4.89. The summed E-state index contributed by atoms with van der Waals surface area (Å²) in [6.07, 6.45) is 1.60. The summed E-state index contributed by atoms with van der Waals surface area (Å²) in [5.41, 5.74) is -0.207. The number of carbonyl (C=O) groups excluding carboxylic acids is 2. The number of nitrogens with zero attached hydrogens (tertiary/aromatic N) is 2. The van der Waals surface area contributed by atoms with Gasteiger partial charge < -0.3 is 10.0 Å². The maximum Gasteiger partial charge on any atom is 0.257 e. The van der Waals surface area contributed by atoms with E-state index in [1.165, 1.54) is 4.90 Å². The van der Waals surface area contributed by atoms with Gasteiger partial charge in [-0.3, -0.25) is 14.5 Å². The molecule has 0 radical (unpaired) electrons. The zero-order valence-corrected chi connectivity index (χ0v) is 11.2. The van der Waals surface area contributed by atoms with Crippen LogP contribution in [0.4, 0.5) is 0 Å². The molecule has 3 atom stereocenters. The first-order valence-corrected chi connectivity index (χ1v) is 7.03. The predicted octanol–water partition coefficient (Wildman–Crippen LogP) is 0.681. The van der Waals surface area contributed by atoms with Crippen molar-refractivity contribution in [1.29, 1.82) is 0 Å². The molecule has 0 aromatic heterocycles. The highest BCUT2D eigenvalue weighted by molar-refractivity contribution is 6.03. The molecule has 20 heavy (non-hydrogen) atoms. The van der Waals surface area contributed by atoms with E-state index in [9.17, 15) is 14.7 Å². The first-order chi connectivity index (χ1) is 9.56. The van der Waals surface area contributed by atoms with E-state index in [4.69, 9.17) is 0 Å². The number of carbonyl (C=O) groups is 2. The molecule has 0 bridgehead atoms. The van der Waals surface area contributed by atoms with Gasteiger partial charge in [0.15, 0.2) is 5.72 Å². The number of aliphatic hydroxyl groups is 1. The van der Waals surface area contributed by atoms with Crippen molar-refractivity contribution in [1.82, 2.24) is 9.80 Å². The molecule has 0 unspecified atom stereocenters. The second kappa shape index (κ2) is 3.61. The zero-order valence-electron chi connectivity index (χ0n) is 11.2. The predicted molar refractivity (Wildman–Crippen MR) is 70.7 cm³/mol. The van der Waals surface area contributed by atoms with Gasteiger partial charge in [0.05, 0.1) is 6.04 Å².